The van der Waals surface area contributed by atoms with Crippen LogP contribution in [-0.4, -0.2) is 69.4 Å². The second-order valence-corrected chi connectivity index (χ2v) is 12.1. The largest absolute Gasteiger partial charge is 0.471 e. The van der Waals surface area contributed by atoms with Crippen LogP contribution >= 0.6 is 22.7 Å². The number of thiazole rings is 2. The molecule has 5 rings (SSSR count). The minimum Gasteiger partial charge on any atom is -0.323 e. The van der Waals surface area contributed by atoms with E-state index in [0.29, 0.717) is 10.9 Å². The van der Waals surface area contributed by atoms with Crippen molar-refractivity contribution in [2.45, 2.75) is 63.7 Å². The average molecular weight is 563 g/mol. The number of alkyl halides is 3. The van der Waals surface area contributed by atoms with E-state index in [1.807, 2.05) is 37.4 Å². The van der Waals surface area contributed by atoms with E-state index in [2.05, 4.69) is 27.0 Å². The second kappa shape index (κ2) is 10.9. The first-order valence-electron chi connectivity index (χ1n) is 12.7. The minimum absolute atomic E-state index is 0.0901. The number of aryl methyl sites for hydroxylation is 2. The Kier molecular flexibility index (Phi) is 7.70. The van der Waals surface area contributed by atoms with Crippen LogP contribution in [0.15, 0.2) is 35.7 Å². The molecule has 0 saturated carbocycles. The number of carbonyl (C=O) groups is 2. The highest BCUT2D eigenvalue weighted by Gasteiger charge is 2.50. The van der Waals surface area contributed by atoms with Crippen molar-refractivity contribution < 1.29 is 22.8 Å². The van der Waals surface area contributed by atoms with E-state index >= 15 is 0 Å². The monoisotopic (exact) mass is 562 g/mol. The lowest BCUT2D eigenvalue weighted by atomic mass is 9.88. The Bertz CT molecular complexity index is 1300. The zero-order chi connectivity index (χ0) is 27.0. The zero-order valence-corrected chi connectivity index (χ0v) is 22.8. The van der Waals surface area contributed by atoms with E-state index in [1.165, 1.54) is 28.2 Å². The lowest BCUT2D eigenvalue weighted by Crippen LogP contribution is -2.48. The van der Waals surface area contributed by atoms with E-state index in [0.717, 1.165) is 52.1 Å². The van der Waals surface area contributed by atoms with Gasteiger partial charge in [0.25, 0.3) is 0 Å². The van der Waals surface area contributed by atoms with Gasteiger partial charge in [-0.25, -0.2) is 9.97 Å². The van der Waals surface area contributed by atoms with Gasteiger partial charge in [0.05, 0.1) is 33.7 Å². The molecule has 2 aliphatic heterocycles. The first kappa shape index (κ1) is 27.0. The lowest BCUT2D eigenvalue weighted by Gasteiger charge is -2.36. The van der Waals surface area contributed by atoms with Crippen LogP contribution in [0.3, 0.4) is 0 Å². The third-order valence-electron chi connectivity index (χ3n) is 7.48. The number of amides is 1. The van der Waals surface area contributed by atoms with Crippen LogP contribution in [0, 0.1) is 13.8 Å². The van der Waals surface area contributed by atoms with Crippen LogP contribution in [0.2, 0.25) is 0 Å². The maximum Gasteiger partial charge on any atom is 0.471 e. The molecule has 2 aromatic heterocycles. The van der Waals surface area contributed by atoms with E-state index in [9.17, 15) is 22.8 Å². The molecule has 202 valence electrons. The SMILES string of the molecule is Cc1nc(C)c(-c2csc(CC(=O)[C@@H]3C[C@@H](N4CCC(c5ccccc5)CC4)CN3C(=O)C(F)(F)F)n2)s1. The summed E-state index contributed by atoms with van der Waals surface area (Å²) in [5, 5.41) is 3.28. The molecule has 0 unspecified atom stereocenters. The highest BCUT2D eigenvalue weighted by atomic mass is 32.1. The summed E-state index contributed by atoms with van der Waals surface area (Å²) in [6, 6.07) is 8.84. The summed E-state index contributed by atoms with van der Waals surface area (Å²) in [6.45, 7) is 5.16. The third kappa shape index (κ3) is 5.69. The van der Waals surface area contributed by atoms with Gasteiger partial charge in [0, 0.05) is 18.0 Å². The molecule has 2 saturated heterocycles. The Balaban J connectivity index is 1.28. The Labute approximate surface area is 227 Å². The summed E-state index contributed by atoms with van der Waals surface area (Å²) >= 11 is 2.81. The van der Waals surface area contributed by atoms with E-state index in [1.54, 1.807) is 0 Å². The van der Waals surface area contributed by atoms with Crippen LogP contribution < -0.4 is 0 Å². The molecule has 1 aromatic carbocycles. The Morgan fingerprint density at radius 3 is 2.42 bits per heavy atom. The van der Waals surface area contributed by atoms with E-state index < -0.39 is 23.9 Å². The van der Waals surface area contributed by atoms with Crippen molar-refractivity contribution in [2.24, 2.45) is 0 Å². The van der Waals surface area contributed by atoms with Gasteiger partial charge in [-0.3, -0.25) is 14.5 Å². The molecule has 2 aliphatic rings. The molecule has 38 heavy (non-hydrogen) atoms. The molecule has 3 aromatic rings. The Morgan fingerprint density at radius 1 is 1.08 bits per heavy atom. The maximum atomic E-state index is 13.5. The highest BCUT2D eigenvalue weighted by molar-refractivity contribution is 7.16. The molecule has 0 radical (unpaired) electrons. The highest BCUT2D eigenvalue weighted by Crippen LogP contribution is 2.35. The van der Waals surface area contributed by atoms with Crippen molar-refractivity contribution in [3.63, 3.8) is 0 Å². The van der Waals surface area contributed by atoms with Crippen LogP contribution in [-0.2, 0) is 16.0 Å². The maximum absolute atomic E-state index is 13.5. The molecular weight excluding hydrogens is 533 g/mol. The van der Waals surface area contributed by atoms with Crippen molar-refractivity contribution in [1.29, 1.82) is 0 Å². The summed E-state index contributed by atoms with van der Waals surface area (Å²) in [6.07, 6.45) is -3.13. The fourth-order valence-electron chi connectivity index (χ4n) is 5.63. The van der Waals surface area contributed by atoms with Crippen LogP contribution in [0.5, 0.6) is 0 Å². The van der Waals surface area contributed by atoms with Crippen LogP contribution in [0.25, 0.3) is 10.6 Å². The Hall–Kier alpha value is -2.63. The molecule has 0 N–H and O–H groups in total. The van der Waals surface area contributed by atoms with E-state index in [4.69, 9.17) is 0 Å². The Morgan fingerprint density at radius 2 is 1.79 bits per heavy atom. The molecule has 1 amide bonds. The molecule has 0 bridgehead atoms. The summed E-state index contributed by atoms with van der Waals surface area (Å²) < 4.78 is 40.4. The summed E-state index contributed by atoms with van der Waals surface area (Å²) in [5.74, 6) is -1.93. The van der Waals surface area contributed by atoms with Crippen molar-refractivity contribution >= 4 is 34.4 Å². The third-order valence-corrected chi connectivity index (χ3v) is 9.43. The molecule has 0 aliphatic carbocycles. The lowest BCUT2D eigenvalue weighted by molar-refractivity contribution is -0.186. The minimum atomic E-state index is -5.02. The number of nitrogens with zero attached hydrogens (tertiary/aromatic N) is 4. The quantitative estimate of drug-likeness (QED) is 0.402. The van der Waals surface area contributed by atoms with Gasteiger partial charge in [-0.15, -0.1) is 22.7 Å². The number of halogens is 3. The van der Waals surface area contributed by atoms with Gasteiger partial charge in [0.15, 0.2) is 5.78 Å². The van der Waals surface area contributed by atoms with Gasteiger partial charge in [0.1, 0.15) is 5.01 Å². The molecular formula is C27H29F3N4O2S2. The molecule has 11 heteroatoms. The van der Waals surface area contributed by atoms with Gasteiger partial charge in [-0.1, -0.05) is 30.3 Å². The molecule has 2 atom stereocenters. The van der Waals surface area contributed by atoms with Crippen molar-refractivity contribution in [2.75, 3.05) is 19.6 Å². The number of piperidine rings is 1. The van der Waals surface area contributed by atoms with Gasteiger partial charge in [-0.05, 0) is 57.7 Å². The van der Waals surface area contributed by atoms with Gasteiger partial charge >= 0.3 is 12.1 Å². The van der Waals surface area contributed by atoms with Gasteiger partial charge in [0.2, 0.25) is 0 Å². The molecule has 0 spiro atoms. The molecule has 2 fully saturated rings. The number of likely N-dealkylation sites (tertiary alicyclic amines) is 2. The molecule has 4 heterocycles. The average Bonchev–Trinajstić information content (AvgIpc) is 3.62. The fourth-order valence-corrected chi connectivity index (χ4v) is 7.38. The predicted molar refractivity (Wildman–Crippen MR) is 141 cm³/mol. The smallest absolute Gasteiger partial charge is 0.323 e. The number of hydrogen-bond acceptors (Lipinski definition) is 7. The van der Waals surface area contributed by atoms with E-state index in [-0.39, 0.29) is 25.4 Å². The van der Waals surface area contributed by atoms with Crippen molar-refractivity contribution in [3.8, 4) is 10.6 Å². The number of hydrogen-bond donors (Lipinski definition) is 0. The number of ketones is 1. The standard InChI is InChI=1S/C27H29F3N4O2S2/c1-16-25(38-17(2)31-16)21-15-37-24(32-21)13-23(35)22-12-20(14-34(22)26(36)27(28,29)30)33-10-8-19(9-11-33)18-6-4-3-5-7-18/h3-7,15,19-20,22H,8-14H2,1-2H3/t20-,22+/m1/s1. The predicted octanol–water partition coefficient (Wildman–Crippen LogP) is 5.41. The zero-order valence-electron chi connectivity index (χ0n) is 21.2. The number of carbonyl (C=O) groups excluding carboxylic acids is 2. The number of rotatable bonds is 6. The van der Waals surface area contributed by atoms with Gasteiger partial charge < -0.3 is 4.90 Å². The summed E-state index contributed by atoms with van der Waals surface area (Å²) in [5.41, 5.74) is 2.84. The second-order valence-electron chi connectivity index (χ2n) is 10.00. The summed E-state index contributed by atoms with van der Waals surface area (Å²) in [4.78, 5) is 38.5. The van der Waals surface area contributed by atoms with Crippen LogP contribution in [0.4, 0.5) is 13.2 Å². The molecule has 6 nitrogen and oxygen atoms in total. The number of Topliss-reactive ketones (excluding diaryl/α,β-unsaturated/α-hetero) is 1. The summed E-state index contributed by atoms with van der Waals surface area (Å²) in [7, 11) is 0. The van der Waals surface area contributed by atoms with Gasteiger partial charge in [-0.2, -0.15) is 13.2 Å². The number of benzene rings is 1. The van der Waals surface area contributed by atoms with Crippen molar-refractivity contribution in [3.05, 3.63) is 57.0 Å². The van der Waals surface area contributed by atoms with Crippen LogP contribution in [0.1, 0.15) is 46.5 Å². The van der Waals surface area contributed by atoms with Crippen molar-refractivity contribution in [1.82, 2.24) is 19.8 Å². The fraction of sp³-hybridized carbons (Fsp3) is 0.481. The normalized spacial score (nSPS) is 21.2. The first-order valence-corrected chi connectivity index (χ1v) is 14.4. The first-order chi connectivity index (χ1) is 18.1. The topological polar surface area (TPSA) is 66.4 Å². The number of aromatic nitrogens is 2.